The van der Waals surface area contributed by atoms with Crippen molar-refractivity contribution in [3.63, 3.8) is 0 Å². The molecule has 2 aromatic carbocycles. The number of carbonyl (C=O) groups is 2. The molecule has 2 aromatic rings. The molecule has 0 aliphatic heterocycles. The zero-order valence-corrected chi connectivity index (χ0v) is 13.4. The molecule has 0 radical (unpaired) electrons. The monoisotopic (exact) mass is 336 g/mol. The first-order chi connectivity index (χ1) is 10.5. The average molecular weight is 337 g/mol. The van der Waals surface area contributed by atoms with Crippen LogP contribution in [0.1, 0.15) is 23.7 Å². The molecular weight excluding hydrogens is 323 g/mol. The normalized spacial score (nSPS) is 11.8. The lowest BCUT2D eigenvalue weighted by atomic mass is 10.0. The summed E-state index contributed by atoms with van der Waals surface area (Å²) in [7, 11) is 0. The highest BCUT2D eigenvalue weighted by molar-refractivity contribution is 6.31. The van der Waals surface area contributed by atoms with Crippen LogP contribution in [0.5, 0.6) is 5.75 Å². The van der Waals surface area contributed by atoms with Crippen LogP contribution in [0.2, 0.25) is 10.0 Å². The van der Waals surface area contributed by atoms with Crippen molar-refractivity contribution in [3.05, 3.63) is 64.1 Å². The van der Waals surface area contributed by atoms with Crippen molar-refractivity contribution in [2.45, 2.75) is 19.4 Å². The minimum Gasteiger partial charge on any atom is -0.483 e. The van der Waals surface area contributed by atoms with Gasteiger partial charge in [0, 0.05) is 15.6 Å². The van der Waals surface area contributed by atoms with E-state index < -0.39 is 6.10 Å². The van der Waals surface area contributed by atoms with Crippen molar-refractivity contribution >= 4 is 34.8 Å². The van der Waals surface area contributed by atoms with E-state index in [9.17, 15) is 9.59 Å². The maximum absolute atomic E-state index is 12.1. The largest absolute Gasteiger partial charge is 0.483 e. The molecule has 0 bridgehead atoms. The van der Waals surface area contributed by atoms with Crippen molar-refractivity contribution in [2.24, 2.45) is 0 Å². The second-order valence-electron chi connectivity index (χ2n) is 4.79. The summed E-state index contributed by atoms with van der Waals surface area (Å²) in [6, 6.07) is 13.1. The Hall–Kier alpha value is -1.84. The first-order valence-electron chi connectivity index (χ1n) is 6.69. The summed E-state index contributed by atoms with van der Waals surface area (Å²) in [5.74, 6) is -0.00712. The van der Waals surface area contributed by atoms with Gasteiger partial charge in [-0.2, -0.15) is 0 Å². The zero-order chi connectivity index (χ0) is 16.1. The predicted molar refractivity (Wildman–Crippen MR) is 86.9 cm³/mol. The van der Waals surface area contributed by atoms with E-state index in [4.69, 9.17) is 27.9 Å². The number of halogens is 2. The Bertz CT molecular complexity index is 663. The van der Waals surface area contributed by atoms with Gasteiger partial charge >= 0.3 is 0 Å². The number of ketones is 2. The highest BCUT2D eigenvalue weighted by Gasteiger charge is 2.19. The van der Waals surface area contributed by atoms with Crippen LogP contribution in [-0.4, -0.2) is 17.7 Å². The van der Waals surface area contributed by atoms with Gasteiger partial charge in [0.2, 0.25) is 0 Å². The number of Topliss-reactive ketones (excluding diaryl/α,β-unsaturated/α-hetero) is 2. The molecule has 3 nitrogen and oxygen atoms in total. The number of carbonyl (C=O) groups excluding carboxylic acids is 2. The van der Waals surface area contributed by atoms with Gasteiger partial charge < -0.3 is 4.74 Å². The summed E-state index contributed by atoms with van der Waals surface area (Å²) in [5.41, 5.74) is 0.455. The number of ether oxygens (including phenoxy) is 1. The van der Waals surface area contributed by atoms with Crippen molar-refractivity contribution in [3.8, 4) is 5.75 Å². The lowest BCUT2D eigenvalue weighted by molar-refractivity contribution is -0.124. The fourth-order valence-corrected chi connectivity index (χ4v) is 2.07. The molecule has 1 atom stereocenters. The molecule has 0 heterocycles. The molecule has 5 heteroatoms. The predicted octanol–water partition coefficient (Wildman–Crippen LogP) is 4.60. The molecule has 0 saturated heterocycles. The number of rotatable bonds is 6. The third-order valence-electron chi connectivity index (χ3n) is 3.08. The van der Waals surface area contributed by atoms with Crippen molar-refractivity contribution in [1.82, 2.24) is 0 Å². The summed E-state index contributed by atoms with van der Waals surface area (Å²) >= 11 is 11.5. The van der Waals surface area contributed by atoms with Crippen LogP contribution < -0.4 is 4.74 Å². The SMILES string of the molecule is CC(Oc1ccc(Cl)cc1)C(=O)CC(=O)c1ccc(Cl)cc1. The van der Waals surface area contributed by atoms with E-state index in [1.54, 1.807) is 55.5 Å². The van der Waals surface area contributed by atoms with E-state index in [0.717, 1.165) is 0 Å². The Morgan fingerprint density at radius 1 is 0.955 bits per heavy atom. The van der Waals surface area contributed by atoms with E-state index in [0.29, 0.717) is 21.4 Å². The molecule has 0 aliphatic rings. The molecule has 22 heavy (non-hydrogen) atoms. The van der Waals surface area contributed by atoms with Crippen LogP contribution in [0.15, 0.2) is 48.5 Å². The van der Waals surface area contributed by atoms with Crippen LogP contribution in [-0.2, 0) is 4.79 Å². The number of hydrogen-bond acceptors (Lipinski definition) is 3. The number of hydrogen-bond donors (Lipinski definition) is 0. The standard InChI is InChI=1S/C17H14Cl2O3/c1-11(22-15-8-6-14(19)7-9-15)16(20)10-17(21)12-2-4-13(18)5-3-12/h2-9,11H,10H2,1H3. The van der Waals surface area contributed by atoms with Gasteiger partial charge in [0.1, 0.15) is 5.75 Å². The quantitative estimate of drug-likeness (QED) is 0.571. The lowest BCUT2D eigenvalue weighted by Crippen LogP contribution is -2.26. The Morgan fingerprint density at radius 3 is 2.00 bits per heavy atom. The summed E-state index contributed by atoms with van der Waals surface area (Å²) in [6.45, 7) is 1.62. The Labute approximate surface area is 138 Å². The van der Waals surface area contributed by atoms with E-state index in [2.05, 4.69) is 0 Å². The first kappa shape index (κ1) is 16.5. The minimum atomic E-state index is -0.711. The minimum absolute atomic E-state index is 0.212. The van der Waals surface area contributed by atoms with E-state index in [1.807, 2.05) is 0 Å². The van der Waals surface area contributed by atoms with Gasteiger partial charge in [0.05, 0.1) is 6.42 Å². The van der Waals surface area contributed by atoms with Crippen molar-refractivity contribution in [2.75, 3.05) is 0 Å². The fraction of sp³-hybridized carbons (Fsp3) is 0.176. The second kappa shape index (κ2) is 7.43. The van der Waals surface area contributed by atoms with Crippen molar-refractivity contribution in [1.29, 1.82) is 0 Å². The summed E-state index contributed by atoms with van der Waals surface area (Å²) in [5, 5.41) is 1.13. The first-order valence-corrected chi connectivity index (χ1v) is 7.45. The molecule has 0 N–H and O–H groups in total. The molecule has 0 aromatic heterocycles. The van der Waals surface area contributed by atoms with Gasteiger partial charge in [-0.25, -0.2) is 0 Å². The molecular formula is C17H14Cl2O3. The van der Waals surface area contributed by atoms with Crippen LogP contribution in [0, 0.1) is 0 Å². The van der Waals surface area contributed by atoms with Gasteiger partial charge in [0.15, 0.2) is 17.7 Å². The molecule has 0 amide bonds. The Morgan fingerprint density at radius 2 is 1.45 bits per heavy atom. The molecule has 0 spiro atoms. The molecule has 0 fully saturated rings. The molecule has 114 valence electrons. The van der Waals surface area contributed by atoms with Crippen LogP contribution in [0.3, 0.4) is 0 Å². The van der Waals surface area contributed by atoms with Gasteiger partial charge in [-0.15, -0.1) is 0 Å². The van der Waals surface area contributed by atoms with Crippen LogP contribution in [0.25, 0.3) is 0 Å². The highest BCUT2D eigenvalue weighted by Crippen LogP contribution is 2.18. The third-order valence-corrected chi connectivity index (χ3v) is 3.58. The van der Waals surface area contributed by atoms with Gasteiger partial charge in [0.25, 0.3) is 0 Å². The van der Waals surface area contributed by atoms with Crippen molar-refractivity contribution < 1.29 is 14.3 Å². The Kier molecular flexibility index (Phi) is 5.58. The molecule has 0 aliphatic carbocycles. The number of benzene rings is 2. The average Bonchev–Trinajstić information content (AvgIpc) is 2.50. The fourth-order valence-electron chi connectivity index (χ4n) is 1.82. The topological polar surface area (TPSA) is 43.4 Å². The molecule has 1 unspecified atom stereocenters. The summed E-state index contributed by atoms with van der Waals surface area (Å²) in [6.07, 6.45) is -0.923. The highest BCUT2D eigenvalue weighted by atomic mass is 35.5. The van der Waals surface area contributed by atoms with E-state index >= 15 is 0 Å². The zero-order valence-electron chi connectivity index (χ0n) is 11.9. The maximum Gasteiger partial charge on any atom is 0.180 e. The van der Waals surface area contributed by atoms with Gasteiger partial charge in [-0.1, -0.05) is 23.2 Å². The molecule has 2 rings (SSSR count). The molecule has 0 saturated carbocycles. The van der Waals surface area contributed by atoms with Crippen LogP contribution >= 0.6 is 23.2 Å². The Balaban J connectivity index is 1.94. The second-order valence-corrected chi connectivity index (χ2v) is 5.66. The smallest absolute Gasteiger partial charge is 0.180 e. The summed E-state index contributed by atoms with van der Waals surface area (Å²) < 4.78 is 5.51. The van der Waals surface area contributed by atoms with Gasteiger partial charge in [-0.3, -0.25) is 9.59 Å². The lowest BCUT2D eigenvalue weighted by Gasteiger charge is -2.13. The summed E-state index contributed by atoms with van der Waals surface area (Å²) in [4.78, 5) is 24.1. The third kappa shape index (κ3) is 4.58. The van der Waals surface area contributed by atoms with Gasteiger partial charge in [-0.05, 0) is 55.5 Å². The van der Waals surface area contributed by atoms with E-state index in [-0.39, 0.29) is 18.0 Å². The maximum atomic E-state index is 12.1. The van der Waals surface area contributed by atoms with Crippen LogP contribution in [0.4, 0.5) is 0 Å². The van der Waals surface area contributed by atoms with E-state index in [1.165, 1.54) is 0 Å².